The van der Waals surface area contributed by atoms with E-state index in [1.54, 1.807) is 11.8 Å². The Morgan fingerprint density at radius 1 is 1.28 bits per heavy atom. The molecule has 138 valence electrons. The number of hydrogen-bond donors (Lipinski definition) is 2. The zero-order valence-corrected chi connectivity index (χ0v) is 15.5. The van der Waals surface area contributed by atoms with E-state index in [0.29, 0.717) is 18.8 Å². The average Bonchev–Trinajstić information content (AvgIpc) is 2.60. The van der Waals surface area contributed by atoms with Crippen molar-refractivity contribution in [2.45, 2.75) is 52.1 Å². The van der Waals surface area contributed by atoms with Crippen molar-refractivity contribution in [3.8, 4) is 5.75 Å². The molecular weight excluding hydrogens is 318 g/mol. The van der Waals surface area contributed by atoms with Crippen LogP contribution in [-0.2, 0) is 15.0 Å². The minimum Gasteiger partial charge on any atom is -0.481 e. The van der Waals surface area contributed by atoms with Crippen molar-refractivity contribution in [3.63, 3.8) is 0 Å². The van der Waals surface area contributed by atoms with Crippen LogP contribution in [0.1, 0.15) is 46.1 Å². The lowest BCUT2D eigenvalue weighted by molar-refractivity contribution is -0.141. The monoisotopic (exact) mass is 347 g/mol. The molecule has 0 radical (unpaired) electrons. The fourth-order valence-corrected chi connectivity index (χ4v) is 3.05. The van der Waals surface area contributed by atoms with Crippen molar-refractivity contribution in [2.75, 3.05) is 13.1 Å². The number of hydrazine groups is 1. The molecule has 2 unspecified atom stereocenters. The Balaban J connectivity index is 1.96. The number of carbonyl (C=O) groups excluding carboxylic acids is 2. The summed E-state index contributed by atoms with van der Waals surface area (Å²) in [6, 6.07) is 7.83. The molecule has 0 saturated carbocycles. The number of nitrogens with two attached hydrogens (primary N) is 1. The third kappa shape index (κ3) is 4.95. The van der Waals surface area contributed by atoms with Crippen LogP contribution in [0.2, 0.25) is 0 Å². The van der Waals surface area contributed by atoms with E-state index in [1.165, 1.54) is 5.56 Å². The summed E-state index contributed by atoms with van der Waals surface area (Å²) in [5.74, 6) is 5.30. The van der Waals surface area contributed by atoms with Crippen LogP contribution >= 0.6 is 0 Å². The lowest BCUT2D eigenvalue weighted by Crippen LogP contribution is -2.50. The van der Waals surface area contributed by atoms with Crippen LogP contribution in [-0.4, -0.2) is 35.9 Å². The van der Waals surface area contributed by atoms with Gasteiger partial charge in [-0.25, -0.2) is 5.84 Å². The normalized spacial score (nSPS) is 19.2. The fourth-order valence-electron chi connectivity index (χ4n) is 3.05. The van der Waals surface area contributed by atoms with E-state index in [0.717, 1.165) is 12.8 Å². The second kappa shape index (κ2) is 7.87. The predicted octanol–water partition coefficient (Wildman–Crippen LogP) is 1.98. The molecule has 2 atom stereocenters. The summed E-state index contributed by atoms with van der Waals surface area (Å²) >= 11 is 0. The van der Waals surface area contributed by atoms with E-state index in [9.17, 15) is 9.59 Å². The van der Waals surface area contributed by atoms with Crippen LogP contribution in [0.4, 0.5) is 0 Å². The molecule has 25 heavy (non-hydrogen) atoms. The van der Waals surface area contributed by atoms with Crippen LogP contribution < -0.4 is 16.0 Å². The molecule has 1 heterocycles. The Labute approximate surface area is 149 Å². The number of carbonyl (C=O) groups is 2. The molecule has 2 rings (SSSR count). The molecule has 1 fully saturated rings. The maximum atomic E-state index is 12.6. The largest absolute Gasteiger partial charge is 0.481 e. The summed E-state index contributed by atoms with van der Waals surface area (Å²) in [7, 11) is 0. The quantitative estimate of drug-likeness (QED) is 0.495. The molecule has 2 amide bonds. The van der Waals surface area contributed by atoms with Gasteiger partial charge >= 0.3 is 0 Å². The summed E-state index contributed by atoms with van der Waals surface area (Å²) in [5, 5.41) is 0. The van der Waals surface area contributed by atoms with E-state index in [-0.39, 0.29) is 23.1 Å². The van der Waals surface area contributed by atoms with Gasteiger partial charge in [-0.1, -0.05) is 32.9 Å². The third-order valence-electron chi connectivity index (χ3n) is 4.63. The van der Waals surface area contributed by atoms with Crippen molar-refractivity contribution >= 4 is 11.8 Å². The molecule has 0 aliphatic carbocycles. The SMILES string of the molecule is CC(Oc1ccc(C(C)(C)C)cc1)C(=O)N1CCCC(C(=O)NN)C1. The summed E-state index contributed by atoms with van der Waals surface area (Å²) < 4.78 is 5.80. The number of amides is 2. The Morgan fingerprint density at radius 2 is 1.92 bits per heavy atom. The average molecular weight is 347 g/mol. The molecule has 1 aliphatic rings. The van der Waals surface area contributed by atoms with E-state index in [2.05, 4.69) is 26.2 Å². The van der Waals surface area contributed by atoms with Gasteiger partial charge in [-0.3, -0.25) is 15.0 Å². The van der Waals surface area contributed by atoms with Gasteiger partial charge in [0, 0.05) is 13.1 Å². The standard InChI is InChI=1S/C19H29N3O3/c1-13(25-16-9-7-15(8-10-16)19(2,3)4)18(24)22-11-5-6-14(12-22)17(23)21-20/h7-10,13-14H,5-6,11-12,20H2,1-4H3,(H,21,23). The van der Waals surface area contributed by atoms with Crippen molar-refractivity contribution in [1.82, 2.24) is 10.3 Å². The maximum absolute atomic E-state index is 12.6. The van der Waals surface area contributed by atoms with Gasteiger partial charge in [0.15, 0.2) is 6.10 Å². The summed E-state index contributed by atoms with van der Waals surface area (Å²) in [6.45, 7) is 9.23. The molecule has 0 aromatic heterocycles. The number of rotatable bonds is 4. The Kier molecular flexibility index (Phi) is 6.06. The number of piperidine rings is 1. The smallest absolute Gasteiger partial charge is 0.263 e. The molecule has 1 aromatic carbocycles. The lowest BCUT2D eigenvalue weighted by Gasteiger charge is -2.33. The van der Waals surface area contributed by atoms with E-state index < -0.39 is 6.10 Å². The molecule has 0 spiro atoms. The Hall–Kier alpha value is -2.08. The van der Waals surface area contributed by atoms with E-state index in [1.807, 2.05) is 24.3 Å². The van der Waals surface area contributed by atoms with Gasteiger partial charge in [0.2, 0.25) is 5.91 Å². The zero-order valence-electron chi connectivity index (χ0n) is 15.5. The van der Waals surface area contributed by atoms with E-state index >= 15 is 0 Å². The molecule has 6 nitrogen and oxygen atoms in total. The van der Waals surface area contributed by atoms with Gasteiger partial charge < -0.3 is 9.64 Å². The van der Waals surface area contributed by atoms with Crippen LogP contribution in [0.3, 0.4) is 0 Å². The molecule has 3 N–H and O–H groups in total. The second-order valence-corrected chi connectivity index (χ2v) is 7.67. The number of likely N-dealkylation sites (tertiary alicyclic amines) is 1. The van der Waals surface area contributed by atoms with Gasteiger partial charge in [-0.15, -0.1) is 0 Å². The first-order chi connectivity index (χ1) is 11.7. The highest BCUT2D eigenvalue weighted by molar-refractivity contribution is 5.83. The fraction of sp³-hybridized carbons (Fsp3) is 0.579. The third-order valence-corrected chi connectivity index (χ3v) is 4.63. The predicted molar refractivity (Wildman–Crippen MR) is 96.9 cm³/mol. The summed E-state index contributed by atoms with van der Waals surface area (Å²) in [6.07, 6.45) is 0.938. The van der Waals surface area contributed by atoms with Gasteiger partial charge in [-0.05, 0) is 42.9 Å². The second-order valence-electron chi connectivity index (χ2n) is 7.67. The first kappa shape index (κ1) is 19.2. The molecular formula is C19H29N3O3. The highest BCUT2D eigenvalue weighted by Gasteiger charge is 2.30. The van der Waals surface area contributed by atoms with Crippen LogP contribution in [0.5, 0.6) is 5.75 Å². The number of benzene rings is 1. The van der Waals surface area contributed by atoms with Crippen molar-refractivity contribution in [3.05, 3.63) is 29.8 Å². The summed E-state index contributed by atoms with van der Waals surface area (Å²) in [5.41, 5.74) is 3.46. The van der Waals surface area contributed by atoms with Crippen molar-refractivity contribution in [1.29, 1.82) is 0 Å². The number of ether oxygens (including phenoxy) is 1. The molecule has 6 heteroatoms. The molecule has 0 bridgehead atoms. The maximum Gasteiger partial charge on any atom is 0.263 e. The van der Waals surface area contributed by atoms with Gasteiger partial charge in [0.1, 0.15) is 5.75 Å². The van der Waals surface area contributed by atoms with E-state index in [4.69, 9.17) is 10.6 Å². The van der Waals surface area contributed by atoms with Crippen molar-refractivity contribution < 1.29 is 14.3 Å². The number of nitrogens with one attached hydrogen (secondary N) is 1. The van der Waals surface area contributed by atoms with Crippen LogP contribution in [0, 0.1) is 5.92 Å². The zero-order chi connectivity index (χ0) is 18.6. The highest BCUT2D eigenvalue weighted by Crippen LogP contribution is 2.25. The Morgan fingerprint density at radius 3 is 2.48 bits per heavy atom. The summed E-state index contributed by atoms with van der Waals surface area (Å²) in [4.78, 5) is 26.0. The molecule has 1 aromatic rings. The lowest BCUT2D eigenvalue weighted by atomic mass is 9.87. The molecule has 1 saturated heterocycles. The minimum absolute atomic E-state index is 0.0757. The Bertz CT molecular complexity index is 607. The molecule has 1 aliphatic heterocycles. The van der Waals surface area contributed by atoms with Crippen LogP contribution in [0.15, 0.2) is 24.3 Å². The highest BCUT2D eigenvalue weighted by atomic mass is 16.5. The van der Waals surface area contributed by atoms with Gasteiger partial charge in [0.25, 0.3) is 5.91 Å². The minimum atomic E-state index is -0.597. The van der Waals surface area contributed by atoms with Crippen LogP contribution in [0.25, 0.3) is 0 Å². The van der Waals surface area contributed by atoms with Gasteiger partial charge in [0.05, 0.1) is 5.92 Å². The number of hydrogen-bond acceptors (Lipinski definition) is 4. The van der Waals surface area contributed by atoms with Gasteiger partial charge in [-0.2, -0.15) is 0 Å². The van der Waals surface area contributed by atoms with Crippen molar-refractivity contribution in [2.24, 2.45) is 11.8 Å². The number of nitrogens with zero attached hydrogens (tertiary/aromatic N) is 1. The first-order valence-electron chi connectivity index (χ1n) is 8.79. The first-order valence-corrected chi connectivity index (χ1v) is 8.79. The topological polar surface area (TPSA) is 84.7 Å².